The Morgan fingerprint density at radius 1 is 1.06 bits per heavy atom. The molecule has 1 atom stereocenters. The zero-order chi connectivity index (χ0) is 24.5. The van der Waals surface area contributed by atoms with Gasteiger partial charge in [0.2, 0.25) is 5.91 Å². The standard InChI is InChI=1S/C28H33N3O3S/c1-21-6-2-7-22(18-21)26(31-13-15-34-16-14-31)20-29-28(33)23-8-3-9-24(19-23)30-27(32)12-4-10-25-11-5-17-35-25/h2-3,5-9,11,17-19,26H,4,10,12-16,20H2,1H3,(H,29,33)(H,30,32). The van der Waals surface area contributed by atoms with Gasteiger partial charge in [0, 0.05) is 42.2 Å². The van der Waals surface area contributed by atoms with Gasteiger partial charge in [-0.1, -0.05) is 42.0 Å². The summed E-state index contributed by atoms with van der Waals surface area (Å²) in [6, 6.07) is 19.8. The molecular weight excluding hydrogens is 458 g/mol. The third kappa shape index (κ3) is 7.49. The second kappa shape index (κ2) is 12.6. The topological polar surface area (TPSA) is 70.7 Å². The van der Waals surface area contributed by atoms with E-state index in [9.17, 15) is 9.59 Å². The molecule has 2 N–H and O–H groups in total. The predicted octanol–water partition coefficient (Wildman–Crippen LogP) is 4.82. The first-order chi connectivity index (χ1) is 17.1. The molecule has 1 fully saturated rings. The molecule has 0 radical (unpaired) electrons. The molecule has 3 aromatic rings. The van der Waals surface area contributed by atoms with E-state index in [1.807, 2.05) is 12.1 Å². The first-order valence-electron chi connectivity index (χ1n) is 12.2. The normalized spacial score (nSPS) is 14.9. The Hall–Kier alpha value is -3.00. The summed E-state index contributed by atoms with van der Waals surface area (Å²) in [6.45, 7) is 5.66. The van der Waals surface area contributed by atoms with E-state index in [-0.39, 0.29) is 17.9 Å². The fraction of sp³-hybridized carbons (Fsp3) is 0.357. The number of aryl methyl sites for hydroxylation is 2. The van der Waals surface area contributed by atoms with Crippen molar-refractivity contribution in [2.45, 2.75) is 32.2 Å². The van der Waals surface area contributed by atoms with E-state index in [0.29, 0.717) is 37.4 Å². The highest BCUT2D eigenvalue weighted by Crippen LogP contribution is 2.23. The number of thiophene rings is 1. The molecule has 4 rings (SSSR count). The molecule has 0 spiro atoms. The van der Waals surface area contributed by atoms with Gasteiger partial charge in [0.25, 0.3) is 5.91 Å². The Morgan fingerprint density at radius 3 is 2.66 bits per heavy atom. The maximum atomic E-state index is 13.0. The fourth-order valence-corrected chi connectivity index (χ4v) is 5.11. The second-order valence-corrected chi connectivity index (χ2v) is 9.88. The van der Waals surface area contributed by atoms with Crippen molar-refractivity contribution in [1.82, 2.24) is 10.2 Å². The Bertz CT molecular complexity index is 1110. The van der Waals surface area contributed by atoms with Crippen LogP contribution in [0.15, 0.2) is 66.0 Å². The molecule has 1 aliphatic heterocycles. The SMILES string of the molecule is Cc1cccc(C(CNC(=O)c2cccc(NC(=O)CCCc3cccs3)c2)N2CCOCC2)c1. The van der Waals surface area contributed by atoms with E-state index in [0.717, 1.165) is 25.9 Å². The monoisotopic (exact) mass is 491 g/mol. The number of nitrogens with zero attached hydrogens (tertiary/aromatic N) is 1. The van der Waals surface area contributed by atoms with Crippen LogP contribution in [0, 0.1) is 6.92 Å². The molecule has 6 nitrogen and oxygen atoms in total. The summed E-state index contributed by atoms with van der Waals surface area (Å²) in [6.07, 6.45) is 2.15. The van der Waals surface area contributed by atoms with Gasteiger partial charge in [-0.05, 0) is 55.0 Å². The summed E-state index contributed by atoms with van der Waals surface area (Å²) in [5.74, 6) is -0.185. The summed E-state index contributed by atoms with van der Waals surface area (Å²) in [5, 5.41) is 8.09. The lowest BCUT2D eigenvalue weighted by Gasteiger charge is -2.35. The molecule has 0 bridgehead atoms. The average Bonchev–Trinajstić information content (AvgIpc) is 3.38. The molecule has 2 aromatic carbocycles. The van der Waals surface area contributed by atoms with Crippen LogP contribution in [0.3, 0.4) is 0 Å². The zero-order valence-corrected chi connectivity index (χ0v) is 21.0. The Morgan fingerprint density at radius 2 is 1.89 bits per heavy atom. The van der Waals surface area contributed by atoms with Crippen LogP contribution in [-0.2, 0) is 16.0 Å². The Labute approximate surface area is 211 Å². The number of carbonyl (C=O) groups is 2. The van der Waals surface area contributed by atoms with Crippen LogP contribution in [-0.4, -0.2) is 49.6 Å². The summed E-state index contributed by atoms with van der Waals surface area (Å²) < 4.78 is 5.53. The number of morpholine rings is 1. The van der Waals surface area contributed by atoms with Crippen molar-refractivity contribution in [2.75, 3.05) is 38.2 Å². The zero-order valence-electron chi connectivity index (χ0n) is 20.2. The average molecular weight is 492 g/mol. The molecule has 1 saturated heterocycles. The van der Waals surface area contributed by atoms with Crippen LogP contribution in [0.25, 0.3) is 0 Å². The van der Waals surface area contributed by atoms with Crippen molar-refractivity contribution in [2.24, 2.45) is 0 Å². The molecule has 0 aliphatic carbocycles. The quantitative estimate of drug-likeness (QED) is 0.427. The molecular formula is C28H33N3O3S. The van der Waals surface area contributed by atoms with Gasteiger partial charge in [-0.25, -0.2) is 0 Å². The van der Waals surface area contributed by atoms with Crippen LogP contribution in [0.2, 0.25) is 0 Å². The first-order valence-corrected chi connectivity index (χ1v) is 13.1. The van der Waals surface area contributed by atoms with E-state index in [1.54, 1.807) is 29.5 Å². The third-order valence-corrected chi connectivity index (χ3v) is 7.12. The second-order valence-electron chi connectivity index (χ2n) is 8.85. The van der Waals surface area contributed by atoms with Crippen molar-refractivity contribution in [3.63, 3.8) is 0 Å². The van der Waals surface area contributed by atoms with E-state index >= 15 is 0 Å². The van der Waals surface area contributed by atoms with Crippen molar-refractivity contribution in [1.29, 1.82) is 0 Å². The molecule has 1 aliphatic rings. The van der Waals surface area contributed by atoms with Gasteiger partial charge in [0.1, 0.15) is 0 Å². The van der Waals surface area contributed by atoms with E-state index in [4.69, 9.17) is 4.74 Å². The molecule has 0 saturated carbocycles. The summed E-state index contributed by atoms with van der Waals surface area (Å²) in [7, 11) is 0. The lowest BCUT2D eigenvalue weighted by atomic mass is 10.0. The number of nitrogens with one attached hydrogen (secondary N) is 2. The highest BCUT2D eigenvalue weighted by Gasteiger charge is 2.23. The molecule has 35 heavy (non-hydrogen) atoms. The minimum atomic E-state index is -0.148. The van der Waals surface area contributed by atoms with E-state index in [1.165, 1.54) is 16.0 Å². The summed E-state index contributed by atoms with van der Waals surface area (Å²) in [4.78, 5) is 29.0. The molecule has 7 heteroatoms. The number of carbonyl (C=O) groups excluding carboxylic acids is 2. The van der Waals surface area contributed by atoms with Crippen LogP contribution in [0.5, 0.6) is 0 Å². The molecule has 1 unspecified atom stereocenters. The lowest BCUT2D eigenvalue weighted by molar-refractivity contribution is -0.116. The summed E-state index contributed by atoms with van der Waals surface area (Å²) in [5.41, 5.74) is 3.57. The number of hydrogen-bond donors (Lipinski definition) is 2. The fourth-order valence-electron chi connectivity index (χ4n) is 4.36. The third-order valence-electron chi connectivity index (χ3n) is 6.18. The maximum Gasteiger partial charge on any atom is 0.251 e. The van der Waals surface area contributed by atoms with Gasteiger partial charge < -0.3 is 15.4 Å². The van der Waals surface area contributed by atoms with Gasteiger partial charge in [0.05, 0.1) is 19.3 Å². The number of amides is 2. The first kappa shape index (κ1) is 25.1. The molecule has 1 aromatic heterocycles. The van der Waals surface area contributed by atoms with Crippen LogP contribution < -0.4 is 10.6 Å². The van der Waals surface area contributed by atoms with Crippen molar-refractivity contribution in [3.8, 4) is 0 Å². The minimum Gasteiger partial charge on any atom is -0.379 e. The smallest absolute Gasteiger partial charge is 0.251 e. The Kier molecular flexibility index (Phi) is 9.06. The van der Waals surface area contributed by atoms with E-state index < -0.39 is 0 Å². The summed E-state index contributed by atoms with van der Waals surface area (Å²) >= 11 is 1.71. The van der Waals surface area contributed by atoms with Gasteiger partial charge in [-0.2, -0.15) is 0 Å². The number of rotatable bonds is 10. The van der Waals surface area contributed by atoms with Crippen molar-refractivity contribution >= 4 is 28.8 Å². The van der Waals surface area contributed by atoms with Gasteiger partial charge >= 0.3 is 0 Å². The number of ether oxygens (including phenoxy) is 1. The van der Waals surface area contributed by atoms with Crippen molar-refractivity contribution < 1.29 is 14.3 Å². The lowest BCUT2D eigenvalue weighted by Crippen LogP contribution is -2.43. The van der Waals surface area contributed by atoms with Gasteiger partial charge in [-0.15, -0.1) is 11.3 Å². The number of anilines is 1. The van der Waals surface area contributed by atoms with Crippen LogP contribution in [0.4, 0.5) is 5.69 Å². The van der Waals surface area contributed by atoms with Crippen LogP contribution >= 0.6 is 11.3 Å². The number of hydrogen-bond acceptors (Lipinski definition) is 5. The van der Waals surface area contributed by atoms with Gasteiger partial charge in [-0.3, -0.25) is 14.5 Å². The molecule has 2 amide bonds. The van der Waals surface area contributed by atoms with Crippen LogP contribution in [0.1, 0.15) is 45.2 Å². The molecule has 184 valence electrons. The van der Waals surface area contributed by atoms with Gasteiger partial charge in [0.15, 0.2) is 0 Å². The number of benzene rings is 2. The maximum absolute atomic E-state index is 13.0. The highest BCUT2D eigenvalue weighted by atomic mass is 32.1. The van der Waals surface area contributed by atoms with E-state index in [2.05, 4.69) is 58.2 Å². The largest absolute Gasteiger partial charge is 0.379 e. The Balaban J connectivity index is 1.34. The highest BCUT2D eigenvalue weighted by molar-refractivity contribution is 7.09. The molecule has 2 heterocycles. The predicted molar refractivity (Wildman–Crippen MR) is 141 cm³/mol. The van der Waals surface area contributed by atoms with Crippen molar-refractivity contribution in [3.05, 3.63) is 87.6 Å². The minimum absolute atomic E-state index is 0.0362.